The van der Waals surface area contributed by atoms with Gasteiger partial charge in [-0.2, -0.15) is 17.5 Å². The zero-order chi connectivity index (χ0) is 19.7. The third kappa shape index (κ3) is 4.03. The predicted octanol–water partition coefficient (Wildman–Crippen LogP) is 4.16. The molecule has 0 spiro atoms. The van der Waals surface area contributed by atoms with E-state index in [0.29, 0.717) is 16.2 Å². The van der Waals surface area contributed by atoms with Crippen LogP contribution in [0.1, 0.15) is 33.5 Å². The Morgan fingerprint density at radius 1 is 1.29 bits per heavy atom. The second kappa shape index (κ2) is 7.76. The number of benzene rings is 1. The molecule has 2 aromatic heterocycles. The number of aromatic nitrogens is 3. The van der Waals surface area contributed by atoms with Gasteiger partial charge >= 0.3 is 6.18 Å². The monoisotopic (exact) mass is 424 g/mol. The van der Waals surface area contributed by atoms with Gasteiger partial charge in [0.1, 0.15) is 5.03 Å². The summed E-state index contributed by atoms with van der Waals surface area (Å²) in [6.45, 7) is 1.78. The molecular weight excluding hydrogens is 409 g/mol. The minimum absolute atomic E-state index is 0.0111. The highest BCUT2D eigenvalue weighted by molar-refractivity contribution is 8.00. The first-order chi connectivity index (χ1) is 13.4. The van der Waals surface area contributed by atoms with E-state index >= 15 is 0 Å². The van der Waals surface area contributed by atoms with E-state index in [0.717, 1.165) is 48.5 Å². The predicted molar refractivity (Wildman–Crippen MR) is 102 cm³/mol. The van der Waals surface area contributed by atoms with Gasteiger partial charge in [-0.15, -0.1) is 0 Å². The molecule has 0 bridgehead atoms. The second-order valence-corrected chi connectivity index (χ2v) is 8.15. The van der Waals surface area contributed by atoms with Gasteiger partial charge in [-0.1, -0.05) is 30.0 Å². The number of Topliss-reactive ketones (excluding diaryl/α,β-unsaturated/α-hetero) is 1. The first-order valence-electron chi connectivity index (χ1n) is 8.59. The summed E-state index contributed by atoms with van der Waals surface area (Å²) < 4.78 is 43.7. The number of rotatable bonds is 5. The molecule has 10 heteroatoms. The Morgan fingerprint density at radius 3 is 2.86 bits per heavy atom. The zero-order valence-electron chi connectivity index (χ0n) is 14.5. The van der Waals surface area contributed by atoms with Gasteiger partial charge in [-0.3, -0.25) is 4.79 Å². The number of thioether (sulfide) groups is 1. The molecule has 1 N–H and O–H groups in total. The number of nitrogens with one attached hydrogen (secondary N) is 1. The van der Waals surface area contributed by atoms with E-state index in [4.69, 9.17) is 0 Å². The number of fused-ring (bicyclic) bond motifs is 1. The normalized spacial score (nSPS) is 17.3. The third-order valence-electron chi connectivity index (χ3n) is 4.44. The molecule has 3 heterocycles. The van der Waals surface area contributed by atoms with Gasteiger partial charge in [0.15, 0.2) is 5.78 Å². The second-order valence-electron chi connectivity index (χ2n) is 6.38. The lowest BCUT2D eigenvalue weighted by molar-refractivity contribution is -0.145. The Kier molecular flexibility index (Phi) is 5.35. The maximum atomic E-state index is 13.1. The minimum Gasteiger partial charge on any atom is -0.316 e. The lowest BCUT2D eigenvalue weighted by atomic mass is 10.0. The molecule has 1 aromatic carbocycles. The molecule has 1 aliphatic heterocycles. The van der Waals surface area contributed by atoms with E-state index in [1.54, 1.807) is 24.3 Å². The van der Waals surface area contributed by atoms with Crippen molar-refractivity contribution in [3.05, 3.63) is 46.7 Å². The van der Waals surface area contributed by atoms with Crippen LogP contribution in [0.25, 0.3) is 10.9 Å². The van der Waals surface area contributed by atoms with Crippen molar-refractivity contribution < 1.29 is 18.0 Å². The van der Waals surface area contributed by atoms with Crippen molar-refractivity contribution in [2.75, 3.05) is 18.8 Å². The molecular formula is C18H15F3N4OS2. The Labute approximate surface area is 166 Å². The minimum atomic E-state index is -4.65. The van der Waals surface area contributed by atoms with Crippen LogP contribution in [-0.2, 0) is 6.18 Å². The van der Waals surface area contributed by atoms with E-state index in [1.165, 1.54) is 6.07 Å². The van der Waals surface area contributed by atoms with Crippen molar-refractivity contribution in [3.8, 4) is 0 Å². The zero-order valence-corrected chi connectivity index (χ0v) is 16.1. The van der Waals surface area contributed by atoms with Crippen LogP contribution >= 0.6 is 23.3 Å². The van der Waals surface area contributed by atoms with Crippen LogP contribution in [0, 0.1) is 0 Å². The molecule has 3 aromatic rings. The Bertz CT molecular complexity index is 1020. The van der Waals surface area contributed by atoms with Crippen LogP contribution < -0.4 is 5.32 Å². The highest BCUT2D eigenvalue weighted by atomic mass is 32.2. The molecule has 1 fully saturated rings. The van der Waals surface area contributed by atoms with E-state index < -0.39 is 12.0 Å². The van der Waals surface area contributed by atoms with Crippen molar-refractivity contribution in [3.63, 3.8) is 0 Å². The third-order valence-corrected chi connectivity index (χ3v) is 6.28. The number of alkyl halides is 3. The molecule has 28 heavy (non-hydrogen) atoms. The van der Waals surface area contributed by atoms with Crippen LogP contribution in [0.15, 0.2) is 35.4 Å². The molecule has 1 saturated heterocycles. The standard InChI is InChI=1S/C18H15F3N4OS2/c19-18(20,21)17-23-12-4-2-1-3-11(12)16(24-17)27-9-14(26)15-7-13(25-28-15)10-5-6-22-8-10/h1-4,7,10,22H,5-6,8-9H2. The number of para-hydroxylation sites is 1. The van der Waals surface area contributed by atoms with Gasteiger partial charge in [0.25, 0.3) is 0 Å². The maximum Gasteiger partial charge on any atom is 0.451 e. The summed E-state index contributed by atoms with van der Waals surface area (Å²) in [6.07, 6.45) is -3.66. The molecule has 4 rings (SSSR count). The van der Waals surface area contributed by atoms with E-state index in [9.17, 15) is 18.0 Å². The lowest BCUT2D eigenvalue weighted by Gasteiger charge is -2.09. The summed E-state index contributed by atoms with van der Waals surface area (Å²) in [7, 11) is 0. The highest BCUT2D eigenvalue weighted by Crippen LogP contribution is 2.32. The first-order valence-corrected chi connectivity index (χ1v) is 10.3. The van der Waals surface area contributed by atoms with Gasteiger partial charge in [-0.05, 0) is 36.6 Å². The highest BCUT2D eigenvalue weighted by Gasteiger charge is 2.35. The fourth-order valence-electron chi connectivity index (χ4n) is 3.01. The molecule has 1 aliphatic rings. The van der Waals surface area contributed by atoms with Crippen molar-refractivity contribution in [2.24, 2.45) is 0 Å². The lowest BCUT2D eigenvalue weighted by Crippen LogP contribution is -2.12. The molecule has 0 saturated carbocycles. The Balaban J connectivity index is 1.54. The van der Waals surface area contributed by atoms with Crippen molar-refractivity contribution >= 4 is 40.0 Å². The fraction of sp³-hybridized carbons (Fsp3) is 0.333. The van der Waals surface area contributed by atoms with Gasteiger partial charge in [0, 0.05) is 17.8 Å². The Morgan fingerprint density at radius 2 is 2.11 bits per heavy atom. The summed E-state index contributed by atoms with van der Waals surface area (Å²) >= 11 is 2.13. The van der Waals surface area contributed by atoms with Crippen LogP contribution in [0.4, 0.5) is 13.2 Å². The number of carbonyl (C=O) groups excluding carboxylic acids is 1. The average Bonchev–Trinajstić information content (AvgIpc) is 3.36. The number of hydrogen-bond acceptors (Lipinski definition) is 7. The number of nitrogens with zero attached hydrogens (tertiary/aromatic N) is 3. The molecule has 0 amide bonds. The van der Waals surface area contributed by atoms with Crippen LogP contribution in [0.2, 0.25) is 0 Å². The van der Waals surface area contributed by atoms with Gasteiger partial charge < -0.3 is 5.32 Å². The summed E-state index contributed by atoms with van der Waals surface area (Å²) in [6, 6.07) is 8.27. The maximum absolute atomic E-state index is 13.1. The quantitative estimate of drug-likeness (QED) is 0.377. The number of ketones is 1. The smallest absolute Gasteiger partial charge is 0.316 e. The Hall–Kier alpha value is -2.04. The number of carbonyl (C=O) groups is 1. The van der Waals surface area contributed by atoms with Gasteiger partial charge in [0.05, 0.1) is 21.8 Å². The largest absolute Gasteiger partial charge is 0.451 e. The van der Waals surface area contributed by atoms with Crippen molar-refractivity contribution in [1.82, 2.24) is 19.7 Å². The topological polar surface area (TPSA) is 67.8 Å². The van der Waals surface area contributed by atoms with Crippen LogP contribution in [0.5, 0.6) is 0 Å². The van der Waals surface area contributed by atoms with Crippen LogP contribution in [0.3, 0.4) is 0 Å². The molecule has 1 unspecified atom stereocenters. The SMILES string of the molecule is O=C(CSc1nc(C(F)(F)F)nc2ccccc12)c1cc(C2CCNC2)ns1. The molecule has 0 aliphatic carbocycles. The van der Waals surface area contributed by atoms with E-state index in [-0.39, 0.29) is 22.1 Å². The summed E-state index contributed by atoms with van der Waals surface area (Å²) in [4.78, 5) is 20.3. The van der Waals surface area contributed by atoms with Crippen molar-refractivity contribution in [1.29, 1.82) is 0 Å². The first kappa shape index (κ1) is 19.3. The fourth-order valence-corrected chi connectivity index (χ4v) is 4.76. The van der Waals surface area contributed by atoms with Crippen LogP contribution in [-0.4, -0.2) is 39.0 Å². The van der Waals surface area contributed by atoms with Gasteiger partial charge in [0.2, 0.25) is 5.82 Å². The van der Waals surface area contributed by atoms with E-state index in [2.05, 4.69) is 19.7 Å². The average molecular weight is 424 g/mol. The van der Waals surface area contributed by atoms with Crippen molar-refractivity contribution in [2.45, 2.75) is 23.5 Å². The summed E-state index contributed by atoms with van der Waals surface area (Å²) in [5.74, 6) is -1.07. The number of halogens is 3. The number of hydrogen-bond donors (Lipinski definition) is 1. The molecule has 5 nitrogen and oxygen atoms in total. The molecule has 146 valence electrons. The van der Waals surface area contributed by atoms with Gasteiger partial charge in [-0.25, -0.2) is 9.97 Å². The van der Waals surface area contributed by atoms with E-state index in [1.807, 2.05) is 0 Å². The molecule has 1 atom stereocenters. The summed E-state index contributed by atoms with van der Waals surface area (Å²) in [5, 5.41) is 3.90. The summed E-state index contributed by atoms with van der Waals surface area (Å²) in [5.41, 5.74) is 1.10. The molecule has 0 radical (unpaired) electrons.